The van der Waals surface area contributed by atoms with Gasteiger partial charge in [-0.3, -0.25) is 13.9 Å². The second kappa shape index (κ2) is 10.6. The second-order valence-corrected chi connectivity index (χ2v) is 9.63. The first-order valence-corrected chi connectivity index (χ1v) is 12.5. The average molecular weight is 492 g/mol. The van der Waals surface area contributed by atoms with Crippen molar-refractivity contribution in [2.24, 2.45) is 0 Å². The van der Waals surface area contributed by atoms with Crippen LogP contribution in [0.3, 0.4) is 0 Å². The summed E-state index contributed by atoms with van der Waals surface area (Å²) in [6.07, 6.45) is 1.37. The van der Waals surface area contributed by atoms with E-state index in [9.17, 15) is 18.0 Å². The lowest BCUT2D eigenvalue weighted by molar-refractivity contribution is -0.140. The number of sulfonamides is 1. The van der Waals surface area contributed by atoms with Crippen molar-refractivity contribution in [3.63, 3.8) is 0 Å². The summed E-state index contributed by atoms with van der Waals surface area (Å²) in [6.45, 7) is 1.43. The van der Waals surface area contributed by atoms with Gasteiger partial charge in [-0.1, -0.05) is 19.1 Å². The van der Waals surface area contributed by atoms with Crippen LogP contribution >= 0.6 is 0 Å². The summed E-state index contributed by atoms with van der Waals surface area (Å²) in [5, 5.41) is 2.58. The summed E-state index contributed by atoms with van der Waals surface area (Å²) < 4.78 is 42.2. The first-order valence-electron chi connectivity index (χ1n) is 10.7. The van der Waals surface area contributed by atoms with Crippen LogP contribution in [0, 0.1) is 0 Å². The van der Waals surface area contributed by atoms with Gasteiger partial charge in [0, 0.05) is 19.7 Å². The van der Waals surface area contributed by atoms with Crippen LogP contribution in [0.2, 0.25) is 0 Å². The third-order valence-electron chi connectivity index (χ3n) is 5.44. The van der Waals surface area contributed by atoms with E-state index in [1.54, 1.807) is 37.3 Å². The van der Waals surface area contributed by atoms with Gasteiger partial charge in [-0.05, 0) is 36.2 Å². The summed E-state index contributed by atoms with van der Waals surface area (Å²) in [6, 6.07) is 11.0. The lowest BCUT2D eigenvalue weighted by atomic mass is 10.1. The molecule has 0 bridgehead atoms. The number of nitrogens with one attached hydrogen (secondary N) is 1. The van der Waals surface area contributed by atoms with Crippen LogP contribution in [-0.2, 0) is 26.2 Å². The summed E-state index contributed by atoms with van der Waals surface area (Å²) >= 11 is 0. The maximum atomic E-state index is 13.5. The van der Waals surface area contributed by atoms with E-state index in [1.807, 2.05) is 6.07 Å². The Morgan fingerprint density at radius 1 is 1.15 bits per heavy atom. The highest BCUT2D eigenvalue weighted by Crippen LogP contribution is 2.36. The van der Waals surface area contributed by atoms with E-state index in [0.717, 1.165) is 16.1 Å². The molecule has 1 aliphatic rings. The summed E-state index contributed by atoms with van der Waals surface area (Å²) in [7, 11) is -0.804. The summed E-state index contributed by atoms with van der Waals surface area (Å²) in [5.74, 6) is 0.627. The third kappa shape index (κ3) is 5.71. The first-order chi connectivity index (χ1) is 16.2. The van der Waals surface area contributed by atoms with Crippen molar-refractivity contribution < 1.29 is 32.2 Å². The van der Waals surface area contributed by atoms with Crippen LogP contribution in [0.15, 0.2) is 42.5 Å². The van der Waals surface area contributed by atoms with Crippen molar-refractivity contribution in [2.45, 2.75) is 25.9 Å². The van der Waals surface area contributed by atoms with E-state index in [-0.39, 0.29) is 24.9 Å². The van der Waals surface area contributed by atoms with E-state index < -0.39 is 28.5 Å². The number of ether oxygens (including phenoxy) is 3. The molecule has 0 radical (unpaired) electrons. The van der Waals surface area contributed by atoms with E-state index >= 15 is 0 Å². The predicted molar refractivity (Wildman–Crippen MR) is 126 cm³/mol. The third-order valence-corrected chi connectivity index (χ3v) is 6.58. The number of nitrogens with zero attached hydrogens (tertiary/aromatic N) is 2. The molecule has 1 atom stereocenters. The largest absolute Gasteiger partial charge is 0.497 e. The molecule has 1 aliphatic heterocycles. The van der Waals surface area contributed by atoms with Crippen LogP contribution in [0.1, 0.15) is 18.9 Å². The van der Waals surface area contributed by atoms with Crippen molar-refractivity contribution in [2.75, 3.05) is 38.1 Å². The number of fused-ring (bicyclic) bond motifs is 1. The maximum absolute atomic E-state index is 13.5. The molecule has 0 saturated carbocycles. The Morgan fingerprint density at radius 3 is 2.53 bits per heavy atom. The minimum atomic E-state index is -3.84. The van der Waals surface area contributed by atoms with E-state index in [4.69, 9.17) is 14.2 Å². The number of rotatable bonds is 10. The number of likely N-dealkylation sites (N-methyl/N-ethyl adjacent to an activating group) is 1. The molecule has 0 fully saturated rings. The molecular formula is C23H29N3O7S. The standard InChI is InChI=1S/C23H29N3O7S/c1-5-19(23(28)24-2)25(13-16-7-6-8-18(11-16)31-3)22(27)14-26(34(4,29)30)17-9-10-20-21(12-17)33-15-32-20/h6-12,19H,5,13-15H2,1-4H3,(H,24,28)/t19-/m0/s1. The van der Waals surface area contributed by atoms with Crippen molar-refractivity contribution in [3.8, 4) is 17.2 Å². The Hall–Kier alpha value is -3.47. The Kier molecular flexibility index (Phi) is 7.87. The summed E-state index contributed by atoms with van der Waals surface area (Å²) in [4.78, 5) is 27.5. The molecule has 2 aromatic carbocycles. The highest BCUT2D eigenvalue weighted by atomic mass is 32.2. The van der Waals surface area contributed by atoms with Gasteiger partial charge in [0.25, 0.3) is 0 Å². The quantitative estimate of drug-likeness (QED) is 0.538. The predicted octanol–water partition coefficient (Wildman–Crippen LogP) is 1.74. The highest BCUT2D eigenvalue weighted by molar-refractivity contribution is 7.92. The molecule has 0 spiro atoms. The fourth-order valence-corrected chi connectivity index (χ4v) is 4.55. The zero-order valence-electron chi connectivity index (χ0n) is 19.6. The SMILES string of the molecule is CC[C@@H](C(=O)NC)N(Cc1cccc(OC)c1)C(=O)CN(c1ccc2c(c1)OCO2)S(C)(=O)=O. The van der Waals surface area contributed by atoms with Gasteiger partial charge >= 0.3 is 0 Å². The summed E-state index contributed by atoms with van der Waals surface area (Å²) in [5.41, 5.74) is 0.999. The van der Waals surface area contributed by atoms with Gasteiger partial charge < -0.3 is 24.4 Å². The van der Waals surface area contributed by atoms with Crippen LogP contribution in [0.4, 0.5) is 5.69 Å². The van der Waals surface area contributed by atoms with Gasteiger partial charge in [-0.15, -0.1) is 0 Å². The van der Waals surface area contributed by atoms with Crippen molar-refractivity contribution in [1.82, 2.24) is 10.2 Å². The molecule has 3 rings (SSSR count). The first kappa shape index (κ1) is 25.2. The maximum Gasteiger partial charge on any atom is 0.244 e. The van der Waals surface area contributed by atoms with Crippen LogP contribution < -0.4 is 23.8 Å². The van der Waals surface area contributed by atoms with Gasteiger partial charge in [-0.25, -0.2) is 8.42 Å². The molecule has 2 amide bonds. The van der Waals surface area contributed by atoms with Gasteiger partial charge in [-0.2, -0.15) is 0 Å². The normalized spacial score (nSPS) is 13.2. The second-order valence-electron chi connectivity index (χ2n) is 7.72. The topological polar surface area (TPSA) is 114 Å². The van der Waals surface area contributed by atoms with E-state index in [0.29, 0.717) is 23.7 Å². The van der Waals surface area contributed by atoms with E-state index in [2.05, 4.69) is 5.32 Å². The molecule has 184 valence electrons. The van der Waals surface area contributed by atoms with Crippen LogP contribution in [-0.4, -0.2) is 64.9 Å². The highest BCUT2D eigenvalue weighted by Gasteiger charge is 2.32. The Morgan fingerprint density at radius 2 is 1.88 bits per heavy atom. The molecule has 0 aliphatic carbocycles. The van der Waals surface area contributed by atoms with Crippen molar-refractivity contribution in [1.29, 1.82) is 0 Å². The lowest BCUT2D eigenvalue weighted by Crippen LogP contribution is -2.51. The number of benzene rings is 2. The smallest absolute Gasteiger partial charge is 0.244 e. The number of hydrogen-bond acceptors (Lipinski definition) is 7. The van der Waals surface area contributed by atoms with Gasteiger partial charge in [0.05, 0.1) is 19.1 Å². The fourth-order valence-electron chi connectivity index (χ4n) is 3.71. The molecule has 10 nitrogen and oxygen atoms in total. The molecular weight excluding hydrogens is 462 g/mol. The Balaban J connectivity index is 1.95. The van der Waals surface area contributed by atoms with Crippen LogP contribution in [0.5, 0.6) is 17.2 Å². The van der Waals surface area contributed by atoms with Crippen LogP contribution in [0.25, 0.3) is 0 Å². The molecule has 1 N–H and O–H groups in total. The minimum Gasteiger partial charge on any atom is -0.497 e. The lowest BCUT2D eigenvalue weighted by Gasteiger charge is -2.32. The molecule has 1 heterocycles. The molecule has 0 aromatic heterocycles. The number of carbonyl (C=O) groups excluding carboxylic acids is 2. The van der Waals surface area contributed by atoms with Gasteiger partial charge in [0.1, 0.15) is 18.3 Å². The number of amides is 2. The average Bonchev–Trinajstić information content (AvgIpc) is 3.29. The van der Waals surface area contributed by atoms with Gasteiger partial charge in [0.15, 0.2) is 11.5 Å². The number of carbonyl (C=O) groups is 2. The van der Waals surface area contributed by atoms with Crippen molar-refractivity contribution >= 4 is 27.5 Å². The van der Waals surface area contributed by atoms with Gasteiger partial charge in [0.2, 0.25) is 28.6 Å². The number of hydrogen-bond donors (Lipinski definition) is 1. The molecule has 11 heteroatoms. The fraction of sp³-hybridized carbons (Fsp3) is 0.391. The molecule has 2 aromatic rings. The monoisotopic (exact) mass is 491 g/mol. The number of anilines is 1. The van der Waals surface area contributed by atoms with Crippen molar-refractivity contribution in [3.05, 3.63) is 48.0 Å². The zero-order valence-corrected chi connectivity index (χ0v) is 20.4. The Bertz CT molecular complexity index is 1150. The molecule has 0 saturated heterocycles. The number of methoxy groups -OCH3 is 1. The minimum absolute atomic E-state index is 0.0369. The zero-order chi connectivity index (χ0) is 24.9. The molecule has 34 heavy (non-hydrogen) atoms. The Labute approximate surface area is 199 Å². The van der Waals surface area contributed by atoms with E-state index in [1.165, 1.54) is 25.1 Å². The molecule has 0 unspecified atom stereocenters.